The van der Waals surface area contributed by atoms with Crippen molar-refractivity contribution in [2.24, 2.45) is 0 Å². The van der Waals surface area contributed by atoms with Crippen molar-refractivity contribution in [2.45, 2.75) is 5.92 Å². The van der Waals surface area contributed by atoms with Crippen LogP contribution in [0.4, 0.5) is 0 Å². The van der Waals surface area contributed by atoms with Crippen LogP contribution in [0.1, 0.15) is 11.5 Å². The lowest BCUT2D eigenvalue weighted by Gasteiger charge is -2.00. The van der Waals surface area contributed by atoms with Crippen molar-refractivity contribution in [3.8, 4) is 18.1 Å². The van der Waals surface area contributed by atoms with Crippen molar-refractivity contribution in [3.63, 3.8) is 0 Å². The van der Waals surface area contributed by atoms with Crippen molar-refractivity contribution in [1.82, 2.24) is 0 Å². The van der Waals surface area contributed by atoms with Crippen molar-refractivity contribution >= 4 is 5.78 Å². The summed E-state index contributed by atoms with van der Waals surface area (Å²) in [4.78, 5) is 11.3. The second-order valence-corrected chi connectivity index (χ2v) is 2.91. The lowest BCUT2D eigenvalue weighted by atomic mass is 9.97. The van der Waals surface area contributed by atoms with E-state index in [-0.39, 0.29) is 11.7 Å². The maximum absolute atomic E-state index is 11.3. The molecule has 2 rings (SSSR count). The second-order valence-electron chi connectivity index (χ2n) is 2.91. The molecule has 0 bridgehead atoms. The second kappa shape index (κ2) is 2.95. The minimum atomic E-state index is -0.263. The molecule has 64 valence electrons. The number of ether oxygens (including phenoxy) is 1. The van der Waals surface area contributed by atoms with Gasteiger partial charge in [0.15, 0.2) is 0 Å². The zero-order chi connectivity index (χ0) is 9.26. The Balaban J connectivity index is 2.40. The first-order chi connectivity index (χ1) is 6.33. The molecule has 0 fully saturated rings. The SMILES string of the molecule is C#CC(=O)C1COc2ccccc21. The number of fused-ring (bicyclic) bond motifs is 1. The molecule has 0 radical (unpaired) electrons. The normalized spacial score (nSPS) is 18.5. The van der Waals surface area contributed by atoms with Crippen LogP contribution in [-0.2, 0) is 4.79 Å². The number of hydrogen-bond acceptors (Lipinski definition) is 2. The lowest BCUT2D eigenvalue weighted by Crippen LogP contribution is -2.11. The molecule has 2 nitrogen and oxygen atoms in total. The van der Waals surface area contributed by atoms with Gasteiger partial charge in [-0.2, -0.15) is 0 Å². The summed E-state index contributed by atoms with van der Waals surface area (Å²) in [6.07, 6.45) is 5.05. The molecule has 1 aromatic carbocycles. The van der Waals surface area contributed by atoms with E-state index in [1.807, 2.05) is 24.3 Å². The number of carbonyl (C=O) groups excluding carboxylic acids is 1. The van der Waals surface area contributed by atoms with Crippen molar-refractivity contribution in [3.05, 3.63) is 29.8 Å². The fourth-order valence-corrected chi connectivity index (χ4v) is 1.48. The summed E-state index contributed by atoms with van der Waals surface area (Å²) in [5, 5.41) is 0. The van der Waals surface area contributed by atoms with E-state index in [2.05, 4.69) is 5.92 Å². The zero-order valence-electron chi connectivity index (χ0n) is 6.99. The fourth-order valence-electron chi connectivity index (χ4n) is 1.48. The van der Waals surface area contributed by atoms with Crippen LogP contribution in [0.5, 0.6) is 5.75 Å². The van der Waals surface area contributed by atoms with Gasteiger partial charge in [0.1, 0.15) is 12.4 Å². The van der Waals surface area contributed by atoms with Gasteiger partial charge in [-0.3, -0.25) is 4.79 Å². The molecule has 1 heterocycles. The van der Waals surface area contributed by atoms with Crippen LogP contribution >= 0.6 is 0 Å². The predicted molar refractivity (Wildman–Crippen MR) is 48.5 cm³/mol. The van der Waals surface area contributed by atoms with Gasteiger partial charge in [-0.1, -0.05) is 18.2 Å². The van der Waals surface area contributed by atoms with Crippen LogP contribution in [-0.4, -0.2) is 12.4 Å². The van der Waals surface area contributed by atoms with Gasteiger partial charge in [0.2, 0.25) is 5.78 Å². The molecule has 0 saturated heterocycles. The third-order valence-electron chi connectivity index (χ3n) is 2.16. The first kappa shape index (κ1) is 7.88. The van der Waals surface area contributed by atoms with Gasteiger partial charge < -0.3 is 4.74 Å². The highest BCUT2D eigenvalue weighted by Gasteiger charge is 2.28. The number of rotatable bonds is 1. The first-order valence-electron chi connectivity index (χ1n) is 4.05. The standard InChI is InChI=1S/C11H8O2/c1-2-10(12)9-7-13-11-6-4-3-5-8(9)11/h1,3-6,9H,7H2. The van der Waals surface area contributed by atoms with E-state index in [0.717, 1.165) is 11.3 Å². The summed E-state index contributed by atoms with van der Waals surface area (Å²) in [6, 6.07) is 7.48. The summed E-state index contributed by atoms with van der Waals surface area (Å²) in [5.41, 5.74) is 0.908. The van der Waals surface area contributed by atoms with Gasteiger partial charge in [0.25, 0.3) is 0 Å². The number of para-hydroxylation sites is 1. The van der Waals surface area contributed by atoms with E-state index in [1.165, 1.54) is 0 Å². The average Bonchev–Trinajstić information content (AvgIpc) is 2.60. The number of terminal acetylenes is 1. The van der Waals surface area contributed by atoms with Gasteiger partial charge in [-0.05, 0) is 12.0 Å². The van der Waals surface area contributed by atoms with Crippen molar-refractivity contribution in [1.29, 1.82) is 0 Å². The van der Waals surface area contributed by atoms with Crippen LogP contribution < -0.4 is 4.74 Å². The molecule has 1 aliphatic heterocycles. The van der Waals surface area contributed by atoms with Gasteiger partial charge in [-0.15, -0.1) is 6.42 Å². The Morgan fingerprint density at radius 2 is 2.31 bits per heavy atom. The Hall–Kier alpha value is -1.75. The molecule has 2 heteroatoms. The van der Waals surface area contributed by atoms with Crippen LogP contribution in [0.3, 0.4) is 0 Å². The largest absolute Gasteiger partial charge is 0.492 e. The van der Waals surface area contributed by atoms with E-state index >= 15 is 0 Å². The molecular formula is C11H8O2. The molecule has 0 saturated carbocycles. The molecule has 0 aromatic heterocycles. The van der Waals surface area contributed by atoms with Crippen LogP contribution in [0.2, 0.25) is 0 Å². The quantitative estimate of drug-likeness (QED) is 0.472. The summed E-state index contributed by atoms with van der Waals surface area (Å²) in [7, 11) is 0. The fraction of sp³-hybridized carbons (Fsp3) is 0.182. The molecule has 0 N–H and O–H groups in total. The number of Topliss-reactive ketones (excluding diaryl/α,β-unsaturated/α-hetero) is 1. The maximum Gasteiger partial charge on any atom is 0.216 e. The number of carbonyl (C=O) groups is 1. The number of hydrogen-bond donors (Lipinski definition) is 0. The average molecular weight is 172 g/mol. The highest BCUT2D eigenvalue weighted by atomic mass is 16.5. The Morgan fingerprint density at radius 1 is 1.54 bits per heavy atom. The predicted octanol–water partition coefficient (Wildman–Crippen LogP) is 1.36. The van der Waals surface area contributed by atoms with Gasteiger partial charge >= 0.3 is 0 Å². The van der Waals surface area contributed by atoms with Crippen molar-refractivity contribution in [2.75, 3.05) is 6.61 Å². The molecule has 1 atom stereocenters. The minimum absolute atomic E-state index is 0.204. The van der Waals surface area contributed by atoms with Crippen molar-refractivity contribution < 1.29 is 9.53 Å². The Morgan fingerprint density at radius 3 is 3.08 bits per heavy atom. The Kier molecular flexibility index (Phi) is 1.79. The van der Waals surface area contributed by atoms with Crippen LogP contribution in [0.15, 0.2) is 24.3 Å². The highest BCUT2D eigenvalue weighted by Crippen LogP contribution is 2.33. The summed E-state index contributed by atoms with van der Waals surface area (Å²) >= 11 is 0. The third-order valence-corrected chi connectivity index (χ3v) is 2.16. The van der Waals surface area contributed by atoms with E-state index < -0.39 is 0 Å². The third kappa shape index (κ3) is 1.19. The summed E-state index contributed by atoms with van der Waals surface area (Å²) < 4.78 is 5.32. The minimum Gasteiger partial charge on any atom is -0.492 e. The van der Waals surface area contributed by atoms with Crippen LogP contribution in [0.25, 0.3) is 0 Å². The first-order valence-corrected chi connectivity index (χ1v) is 4.05. The molecule has 1 unspecified atom stereocenters. The zero-order valence-corrected chi connectivity index (χ0v) is 6.99. The lowest BCUT2D eigenvalue weighted by molar-refractivity contribution is -0.115. The topological polar surface area (TPSA) is 26.3 Å². The Labute approximate surface area is 76.5 Å². The number of ketones is 1. The highest BCUT2D eigenvalue weighted by molar-refractivity contribution is 6.01. The van der Waals surface area contributed by atoms with Gasteiger partial charge in [-0.25, -0.2) is 0 Å². The van der Waals surface area contributed by atoms with E-state index in [1.54, 1.807) is 0 Å². The van der Waals surface area contributed by atoms with E-state index in [0.29, 0.717) is 6.61 Å². The summed E-state index contributed by atoms with van der Waals surface area (Å²) in [5.74, 6) is 2.44. The monoisotopic (exact) mass is 172 g/mol. The maximum atomic E-state index is 11.3. The van der Waals surface area contributed by atoms with Gasteiger partial charge in [0.05, 0.1) is 5.92 Å². The Bertz CT molecular complexity index is 387. The molecule has 0 spiro atoms. The molecule has 1 aromatic rings. The van der Waals surface area contributed by atoms with E-state index in [9.17, 15) is 4.79 Å². The smallest absolute Gasteiger partial charge is 0.216 e. The summed E-state index contributed by atoms with van der Waals surface area (Å²) in [6.45, 7) is 0.377. The number of benzene rings is 1. The van der Waals surface area contributed by atoms with Gasteiger partial charge in [0, 0.05) is 5.56 Å². The van der Waals surface area contributed by atoms with Crippen LogP contribution in [0, 0.1) is 12.3 Å². The molecule has 0 amide bonds. The molecule has 0 aliphatic carbocycles. The molecule has 13 heavy (non-hydrogen) atoms. The molecular weight excluding hydrogens is 164 g/mol. The van der Waals surface area contributed by atoms with E-state index in [4.69, 9.17) is 11.2 Å². The molecule has 1 aliphatic rings.